The number of aryl methyl sites for hydroxylation is 1. The molecule has 1 aromatic carbocycles. The molecule has 1 fully saturated rings. The van der Waals surface area contributed by atoms with Crippen LogP contribution in [0.2, 0.25) is 0 Å². The van der Waals surface area contributed by atoms with Gasteiger partial charge in [0, 0.05) is 28.9 Å². The predicted molar refractivity (Wildman–Crippen MR) is 84.4 cm³/mol. The summed E-state index contributed by atoms with van der Waals surface area (Å²) in [5.41, 5.74) is 2.85. The smallest absolute Gasteiger partial charge is 0.230 e. The third-order valence-electron chi connectivity index (χ3n) is 3.71. The Kier molecular flexibility index (Phi) is 4.03. The lowest BCUT2D eigenvalue weighted by Crippen LogP contribution is -2.27. The molecule has 1 N–H and O–H groups in total. The molecule has 2 atom stereocenters. The molecule has 2 aromatic rings. The first kappa shape index (κ1) is 14.2. The van der Waals surface area contributed by atoms with E-state index >= 15 is 0 Å². The molecule has 0 saturated carbocycles. The highest BCUT2D eigenvalue weighted by atomic mass is 32.1. The summed E-state index contributed by atoms with van der Waals surface area (Å²) >= 11 is 1.61. The van der Waals surface area contributed by atoms with Crippen molar-refractivity contribution in [3.8, 4) is 10.6 Å². The molecule has 0 spiro atoms. The van der Waals surface area contributed by atoms with Crippen LogP contribution < -0.4 is 5.32 Å². The lowest BCUT2D eigenvalue weighted by molar-refractivity contribution is -0.121. The fourth-order valence-corrected chi connectivity index (χ4v) is 3.32. The Morgan fingerprint density at radius 2 is 2.33 bits per heavy atom. The van der Waals surface area contributed by atoms with Gasteiger partial charge in [-0.05, 0) is 32.4 Å². The second kappa shape index (κ2) is 5.95. The maximum absolute atomic E-state index is 12.3. The second-order valence-electron chi connectivity index (χ2n) is 5.34. The second-order valence-corrected chi connectivity index (χ2v) is 6.19. The lowest BCUT2D eigenvalue weighted by Gasteiger charge is -2.14. The molecule has 0 bridgehead atoms. The number of amides is 1. The van der Waals surface area contributed by atoms with Crippen LogP contribution in [0.15, 0.2) is 29.6 Å². The highest BCUT2D eigenvalue weighted by Crippen LogP contribution is 2.27. The Morgan fingerprint density at radius 3 is 3.00 bits per heavy atom. The number of aromatic nitrogens is 1. The first-order chi connectivity index (χ1) is 10.1. The maximum atomic E-state index is 12.3. The highest BCUT2D eigenvalue weighted by molar-refractivity contribution is 7.13. The average molecular weight is 302 g/mol. The van der Waals surface area contributed by atoms with Crippen LogP contribution in [0.5, 0.6) is 0 Å². The maximum Gasteiger partial charge on any atom is 0.230 e. The van der Waals surface area contributed by atoms with Crippen molar-refractivity contribution >= 4 is 22.9 Å². The molecule has 4 nitrogen and oxygen atoms in total. The van der Waals surface area contributed by atoms with E-state index in [0.29, 0.717) is 6.61 Å². The van der Waals surface area contributed by atoms with Gasteiger partial charge in [-0.1, -0.05) is 12.1 Å². The molecule has 1 amide bonds. The van der Waals surface area contributed by atoms with Gasteiger partial charge in [-0.25, -0.2) is 4.98 Å². The Labute approximate surface area is 128 Å². The molecule has 1 aliphatic rings. The number of carbonyl (C=O) groups excluding carboxylic acids is 1. The molecule has 1 aromatic heterocycles. The number of thiazole rings is 1. The summed E-state index contributed by atoms with van der Waals surface area (Å²) in [5, 5.41) is 5.99. The van der Waals surface area contributed by atoms with E-state index in [2.05, 4.69) is 10.3 Å². The average Bonchev–Trinajstić information content (AvgIpc) is 3.08. The number of hydrogen-bond donors (Lipinski definition) is 1. The van der Waals surface area contributed by atoms with Gasteiger partial charge in [0.15, 0.2) is 0 Å². The van der Waals surface area contributed by atoms with Crippen molar-refractivity contribution < 1.29 is 9.53 Å². The Morgan fingerprint density at radius 1 is 1.48 bits per heavy atom. The van der Waals surface area contributed by atoms with Gasteiger partial charge in [-0.2, -0.15) is 0 Å². The molecule has 5 heteroatoms. The van der Waals surface area contributed by atoms with Gasteiger partial charge in [-0.3, -0.25) is 4.79 Å². The molecule has 0 aliphatic carbocycles. The molecular formula is C16H18N2O2S. The number of nitrogens with zero attached hydrogens (tertiary/aromatic N) is 1. The Balaban J connectivity index is 1.76. The van der Waals surface area contributed by atoms with Gasteiger partial charge < -0.3 is 10.1 Å². The SMILES string of the molecule is Cc1csc(-c2cccc(NC(=O)[C@@H]3CCO[C@@H]3C)c2)n1. The van der Waals surface area contributed by atoms with Gasteiger partial charge >= 0.3 is 0 Å². The molecule has 0 unspecified atom stereocenters. The van der Waals surface area contributed by atoms with Gasteiger partial charge in [0.25, 0.3) is 0 Å². The molecule has 110 valence electrons. The van der Waals surface area contributed by atoms with Crippen molar-refractivity contribution in [1.29, 1.82) is 0 Å². The van der Waals surface area contributed by atoms with Crippen molar-refractivity contribution in [2.45, 2.75) is 26.4 Å². The zero-order valence-corrected chi connectivity index (χ0v) is 12.9. The van der Waals surface area contributed by atoms with E-state index in [1.54, 1.807) is 11.3 Å². The van der Waals surface area contributed by atoms with Gasteiger partial charge in [-0.15, -0.1) is 11.3 Å². The van der Waals surface area contributed by atoms with Crippen LogP contribution in [-0.2, 0) is 9.53 Å². The molecule has 1 aliphatic heterocycles. The van der Waals surface area contributed by atoms with E-state index < -0.39 is 0 Å². The zero-order valence-electron chi connectivity index (χ0n) is 12.1. The molecular weight excluding hydrogens is 284 g/mol. The van der Waals surface area contributed by atoms with Crippen molar-refractivity contribution in [2.24, 2.45) is 5.92 Å². The van der Waals surface area contributed by atoms with Crippen LogP contribution in [0, 0.1) is 12.8 Å². The van der Waals surface area contributed by atoms with Crippen LogP contribution in [0.25, 0.3) is 10.6 Å². The van der Waals surface area contributed by atoms with E-state index in [1.165, 1.54) is 0 Å². The zero-order chi connectivity index (χ0) is 14.8. The van der Waals surface area contributed by atoms with Crippen LogP contribution in [0.1, 0.15) is 19.0 Å². The Bertz CT molecular complexity index is 653. The fourth-order valence-electron chi connectivity index (χ4n) is 2.53. The normalized spacial score (nSPS) is 21.4. The Hall–Kier alpha value is -1.72. The first-order valence-electron chi connectivity index (χ1n) is 7.08. The molecule has 0 radical (unpaired) electrons. The quantitative estimate of drug-likeness (QED) is 0.944. The third kappa shape index (κ3) is 3.14. The number of anilines is 1. The molecule has 1 saturated heterocycles. The van der Waals surface area contributed by atoms with Crippen molar-refractivity contribution in [3.05, 3.63) is 35.3 Å². The monoisotopic (exact) mass is 302 g/mol. The summed E-state index contributed by atoms with van der Waals surface area (Å²) in [5.74, 6) is -0.0248. The number of ether oxygens (including phenoxy) is 1. The first-order valence-corrected chi connectivity index (χ1v) is 7.96. The van der Waals surface area contributed by atoms with E-state index in [-0.39, 0.29) is 17.9 Å². The standard InChI is InChI=1S/C16H18N2O2S/c1-10-9-21-16(17-10)12-4-3-5-13(8-12)18-15(19)14-6-7-20-11(14)2/h3-5,8-9,11,14H,6-7H2,1-2H3,(H,18,19)/t11-,14-/m1/s1. The number of hydrogen-bond acceptors (Lipinski definition) is 4. The summed E-state index contributed by atoms with van der Waals surface area (Å²) in [6.45, 7) is 4.59. The van der Waals surface area contributed by atoms with E-state index in [9.17, 15) is 4.79 Å². The van der Waals surface area contributed by atoms with E-state index in [4.69, 9.17) is 4.74 Å². The van der Waals surface area contributed by atoms with E-state index in [0.717, 1.165) is 28.4 Å². The van der Waals surface area contributed by atoms with Crippen LogP contribution in [-0.4, -0.2) is 23.6 Å². The number of nitrogens with one attached hydrogen (secondary N) is 1. The summed E-state index contributed by atoms with van der Waals surface area (Å²) in [4.78, 5) is 16.7. The summed E-state index contributed by atoms with van der Waals surface area (Å²) in [7, 11) is 0. The van der Waals surface area contributed by atoms with Crippen LogP contribution in [0.3, 0.4) is 0 Å². The molecule has 2 heterocycles. The van der Waals surface area contributed by atoms with Crippen LogP contribution >= 0.6 is 11.3 Å². The third-order valence-corrected chi connectivity index (χ3v) is 4.72. The molecule has 3 rings (SSSR count). The number of carbonyl (C=O) groups is 1. The minimum atomic E-state index is -0.0595. The van der Waals surface area contributed by atoms with E-state index in [1.807, 2.05) is 43.5 Å². The van der Waals surface area contributed by atoms with Gasteiger partial charge in [0.1, 0.15) is 5.01 Å². The summed E-state index contributed by atoms with van der Waals surface area (Å²) < 4.78 is 5.45. The summed E-state index contributed by atoms with van der Waals surface area (Å²) in [6, 6.07) is 7.82. The van der Waals surface area contributed by atoms with Crippen LogP contribution in [0.4, 0.5) is 5.69 Å². The minimum absolute atomic E-state index is 0.00482. The molecule has 21 heavy (non-hydrogen) atoms. The van der Waals surface area contributed by atoms with Crippen molar-refractivity contribution in [2.75, 3.05) is 11.9 Å². The van der Waals surface area contributed by atoms with Crippen molar-refractivity contribution in [3.63, 3.8) is 0 Å². The number of benzene rings is 1. The highest BCUT2D eigenvalue weighted by Gasteiger charge is 2.30. The fraction of sp³-hybridized carbons (Fsp3) is 0.375. The predicted octanol–water partition coefficient (Wildman–Crippen LogP) is 3.48. The van der Waals surface area contributed by atoms with Gasteiger partial charge in [0.2, 0.25) is 5.91 Å². The van der Waals surface area contributed by atoms with Crippen molar-refractivity contribution in [1.82, 2.24) is 4.98 Å². The number of rotatable bonds is 3. The minimum Gasteiger partial charge on any atom is -0.378 e. The largest absolute Gasteiger partial charge is 0.378 e. The lowest BCUT2D eigenvalue weighted by atomic mass is 10.0. The topological polar surface area (TPSA) is 51.2 Å². The summed E-state index contributed by atoms with van der Waals surface area (Å²) in [6.07, 6.45) is 0.785. The van der Waals surface area contributed by atoms with Gasteiger partial charge in [0.05, 0.1) is 12.0 Å².